The molecule has 1 saturated heterocycles. The lowest BCUT2D eigenvalue weighted by atomic mass is 10.0. The summed E-state index contributed by atoms with van der Waals surface area (Å²) in [5, 5.41) is 6.11. The summed E-state index contributed by atoms with van der Waals surface area (Å²) in [4.78, 5) is 19.4. The van der Waals surface area contributed by atoms with Gasteiger partial charge in [-0.3, -0.25) is 4.90 Å². The average molecular weight is 504 g/mol. The van der Waals surface area contributed by atoms with E-state index in [1.165, 1.54) is 23.3 Å². The van der Waals surface area contributed by atoms with Crippen LogP contribution in [0.3, 0.4) is 0 Å². The van der Waals surface area contributed by atoms with Gasteiger partial charge in [-0.15, -0.1) is 0 Å². The maximum Gasteiger partial charge on any atom is 0.314 e. The Kier molecular flexibility index (Phi) is 9.38. The van der Waals surface area contributed by atoms with Crippen molar-refractivity contribution < 1.29 is 9.18 Å². The number of hydrogen-bond acceptors (Lipinski definition) is 4. The molecule has 1 unspecified atom stereocenters. The molecule has 3 aromatic carbocycles. The zero-order chi connectivity index (χ0) is 26.0. The van der Waals surface area contributed by atoms with E-state index in [1.54, 1.807) is 0 Å². The largest absolute Gasteiger partial charge is 0.378 e. The summed E-state index contributed by atoms with van der Waals surface area (Å²) in [5.41, 5.74) is 4.66. The van der Waals surface area contributed by atoms with E-state index in [0.717, 1.165) is 50.4 Å². The van der Waals surface area contributed by atoms with Crippen LogP contribution in [0.2, 0.25) is 0 Å². The molecule has 2 amide bonds. The number of rotatable bonds is 10. The molecule has 1 fully saturated rings. The smallest absolute Gasteiger partial charge is 0.314 e. The first-order chi connectivity index (χ1) is 18.0. The van der Waals surface area contributed by atoms with Crippen LogP contribution >= 0.6 is 0 Å². The summed E-state index contributed by atoms with van der Waals surface area (Å²) in [5.74, 6) is -0.215. The van der Waals surface area contributed by atoms with Crippen molar-refractivity contribution in [1.29, 1.82) is 0 Å². The van der Waals surface area contributed by atoms with Gasteiger partial charge in [0.2, 0.25) is 0 Å². The summed E-state index contributed by atoms with van der Waals surface area (Å²) < 4.78 is 13.3. The maximum absolute atomic E-state index is 13.3. The summed E-state index contributed by atoms with van der Waals surface area (Å²) in [6.07, 6.45) is 1.85. The van der Waals surface area contributed by atoms with Gasteiger partial charge in [0.15, 0.2) is 0 Å². The van der Waals surface area contributed by atoms with Crippen LogP contribution in [0.4, 0.5) is 20.6 Å². The van der Waals surface area contributed by atoms with Crippen LogP contribution < -0.4 is 20.4 Å². The molecule has 1 atom stereocenters. The van der Waals surface area contributed by atoms with E-state index in [9.17, 15) is 9.18 Å². The molecule has 0 spiro atoms. The highest BCUT2D eigenvalue weighted by molar-refractivity contribution is 5.73. The number of aryl methyl sites for hydroxylation is 1. The molecule has 0 aromatic heterocycles. The topological polar surface area (TPSA) is 50.9 Å². The van der Waals surface area contributed by atoms with Crippen molar-refractivity contribution in [2.75, 3.05) is 63.2 Å². The zero-order valence-electron chi connectivity index (χ0n) is 21.9. The van der Waals surface area contributed by atoms with Gasteiger partial charge in [-0.2, -0.15) is 0 Å². The molecule has 37 heavy (non-hydrogen) atoms. The maximum atomic E-state index is 13.3. The normalized spacial score (nSPS) is 14.7. The van der Waals surface area contributed by atoms with Gasteiger partial charge >= 0.3 is 6.03 Å². The Morgan fingerprint density at radius 1 is 0.892 bits per heavy atom. The van der Waals surface area contributed by atoms with Crippen LogP contribution in [-0.2, 0) is 6.42 Å². The lowest BCUT2D eigenvalue weighted by Gasteiger charge is -2.40. The van der Waals surface area contributed by atoms with E-state index in [1.807, 2.05) is 44.4 Å². The lowest BCUT2D eigenvalue weighted by molar-refractivity contribution is 0.180. The standard InChI is InChI=1S/C30H38FN5O/c1-34(2)27-14-10-25(11-15-27)29(23-33-30(37)32-18-6-9-24-7-4-3-5-8-24)36-21-19-35(20-22-36)28-16-12-26(31)13-17-28/h3-5,7-8,10-17,29H,6,9,18-23H2,1-2H3,(H2,32,33,37). The van der Waals surface area contributed by atoms with Crippen LogP contribution in [0.15, 0.2) is 78.9 Å². The molecular formula is C30H38FN5O. The zero-order valence-corrected chi connectivity index (χ0v) is 21.9. The first kappa shape index (κ1) is 26.5. The molecule has 0 aliphatic carbocycles. The molecule has 1 aliphatic rings. The molecule has 3 aromatic rings. The Bertz CT molecular complexity index is 1100. The van der Waals surface area contributed by atoms with Gasteiger partial charge < -0.3 is 20.4 Å². The number of halogens is 1. The van der Waals surface area contributed by atoms with Crippen LogP contribution in [0, 0.1) is 5.82 Å². The highest BCUT2D eigenvalue weighted by atomic mass is 19.1. The fraction of sp³-hybridized carbons (Fsp3) is 0.367. The van der Waals surface area contributed by atoms with Crippen LogP contribution in [0.5, 0.6) is 0 Å². The van der Waals surface area contributed by atoms with Crippen molar-refractivity contribution in [1.82, 2.24) is 15.5 Å². The highest BCUT2D eigenvalue weighted by Gasteiger charge is 2.26. The third kappa shape index (κ3) is 7.70. The van der Waals surface area contributed by atoms with Crippen molar-refractivity contribution in [3.05, 3.63) is 95.8 Å². The number of nitrogens with one attached hydrogen (secondary N) is 2. The predicted molar refractivity (Wildman–Crippen MR) is 150 cm³/mol. The van der Waals surface area contributed by atoms with Gasteiger partial charge in [0.25, 0.3) is 0 Å². The Labute approximate surface area is 220 Å². The minimum absolute atomic E-state index is 0.0710. The van der Waals surface area contributed by atoms with Crippen molar-refractivity contribution in [2.24, 2.45) is 0 Å². The molecule has 196 valence electrons. The Morgan fingerprint density at radius 3 is 2.22 bits per heavy atom. The Hall–Kier alpha value is -3.58. The molecule has 0 bridgehead atoms. The number of hydrogen-bond donors (Lipinski definition) is 2. The number of nitrogens with zero attached hydrogens (tertiary/aromatic N) is 3. The molecule has 6 nitrogen and oxygen atoms in total. The van der Waals surface area contributed by atoms with Gasteiger partial charge in [-0.1, -0.05) is 42.5 Å². The number of amides is 2. The predicted octanol–water partition coefficient (Wildman–Crippen LogP) is 4.69. The van der Waals surface area contributed by atoms with E-state index in [-0.39, 0.29) is 17.9 Å². The van der Waals surface area contributed by atoms with Gasteiger partial charge in [0.1, 0.15) is 5.82 Å². The summed E-state index contributed by atoms with van der Waals surface area (Å²) in [7, 11) is 4.07. The minimum Gasteiger partial charge on any atom is -0.378 e. The fourth-order valence-electron chi connectivity index (χ4n) is 4.79. The van der Waals surface area contributed by atoms with Crippen LogP contribution in [0.25, 0.3) is 0 Å². The summed E-state index contributed by atoms with van der Waals surface area (Å²) in [6.45, 7) is 4.59. The fourth-order valence-corrected chi connectivity index (χ4v) is 4.79. The van der Waals surface area contributed by atoms with E-state index < -0.39 is 0 Å². The van der Waals surface area contributed by atoms with Crippen molar-refractivity contribution in [3.8, 4) is 0 Å². The molecular weight excluding hydrogens is 465 g/mol. The monoisotopic (exact) mass is 503 g/mol. The first-order valence-electron chi connectivity index (χ1n) is 13.1. The first-order valence-corrected chi connectivity index (χ1v) is 13.1. The lowest BCUT2D eigenvalue weighted by Crippen LogP contribution is -2.50. The number of carbonyl (C=O) groups excluding carboxylic acids is 1. The number of urea groups is 1. The molecule has 1 aliphatic heterocycles. The average Bonchev–Trinajstić information content (AvgIpc) is 2.93. The van der Waals surface area contributed by atoms with Gasteiger partial charge in [0, 0.05) is 64.7 Å². The molecule has 2 N–H and O–H groups in total. The summed E-state index contributed by atoms with van der Waals surface area (Å²) >= 11 is 0. The van der Waals surface area contributed by atoms with Crippen molar-refractivity contribution in [2.45, 2.75) is 18.9 Å². The van der Waals surface area contributed by atoms with Crippen molar-refractivity contribution in [3.63, 3.8) is 0 Å². The molecule has 0 radical (unpaired) electrons. The van der Waals surface area contributed by atoms with Gasteiger partial charge in [0.05, 0.1) is 6.04 Å². The van der Waals surface area contributed by atoms with Gasteiger partial charge in [-0.05, 0) is 60.4 Å². The van der Waals surface area contributed by atoms with E-state index in [0.29, 0.717) is 13.1 Å². The molecule has 1 heterocycles. The summed E-state index contributed by atoms with van der Waals surface area (Å²) in [6, 6.07) is 25.5. The number of carbonyl (C=O) groups is 1. The Balaban J connectivity index is 1.33. The highest BCUT2D eigenvalue weighted by Crippen LogP contribution is 2.26. The van der Waals surface area contributed by atoms with E-state index >= 15 is 0 Å². The second-order valence-corrected chi connectivity index (χ2v) is 9.73. The van der Waals surface area contributed by atoms with Crippen LogP contribution in [-0.4, -0.2) is 64.3 Å². The van der Waals surface area contributed by atoms with Crippen LogP contribution in [0.1, 0.15) is 23.6 Å². The van der Waals surface area contributed by atoms with Gasteiger partial charge in [-0.25, -0.2) is 9.18 Å². The molecule has 0 saturated carbocycles. The second-order valence-electron chi connectivity index (χ2n) is 9.73. The van der Waals surface area contributed by atoms with Crippen molar-refractivity contribution >= 4 is 17.4 Å². The number of anilines is 2. The quantitative estimate of drug-likeness (QED) is 0.394. The SMILES string of the molecule is CN(C)c1ccc(C(CNC(=O)NCCCc2ccccc2)N2CCN(c3ccc(F)cc3)CC2)cc1. The van der Waals surface area contributed by atoms with E-state index in [2.05, 4.69) is 61.7 Å². The minimum atomic E-state index is -0.215. The molecule has 7 heteroatoms. The second kappa shape index (κ2) is 13.1. The molecule has 4 rings (SSSR count). The Morgan fingerprint density at radius 2 is 1.57 bits per heavy atom. The third-order valence-corrected chi connectivity index (χ3v) is 6.97. The van der Waals surface area contributed by atoms with E-state index in [4.69, 9.17) is 0 Å². The number of benzene rings is 3. The third-order valence-electron chi connectivity index (χ3n) is 6.97. The number of piperazine rings is 1.